The Morgan fingerprint density at radius 1 is 1.25 bits per heavy atom. The van der Waals surface area contributed by atoms with Gasteiger partial charge in [-0.05, 0) is 35.7 Å². The van der Waals surface area contributed by atoms with Crippen LogP contribution >= 0.6 is 27.3 Å². The lowest BCUT2D eigenvalue weighted by atomic mass is 10.3. The predicted molar refractivity (Wildman–Crippen MR) is 70.8 cm³/mol. The fourth-order valence-electron chi connectivity index (χ4n) is 1.22. The van der Waals surface area contributed by atoms with Gasteiger partial charge >= 0.3 is 0 Å². The summed E-state index contributed by atoms with van der Waals surface area (Å²) in [7, 11) is 0. The molecule has 0 saturated heterocycles. The summed E-state index contributed by atoms with van der Waals surface area (Å²) >= 11 is 4.67. The van der Waals surface area contributed by atoms with Crippen LogP contribution in [-0.4, -0.2) is 5.91 Å². The van der Waals surface area contributed by atoms with Crippen molar-refractivity contribution in [2.75, 3.05) is 11.1 Å². The maximum Gasteiger partial charge on any atom is 0.267 e. The molecule has 1 amide bonds. The number of anilines is 2. The second-order valence-corrected chi connectivity index (χ2v) is 5.00. The Morgan fingerprint density at radius 3 is 2.50 bits per heavy atom. The summed E-state index contributed by atoms with van der Waals surface area (Å²) in [5.74, 6) is -0.171. The molecule has 2 aromatic rings. The zero-order chi connectivity index (χ0) is 11.5. The van der Waals surface area contributed by atoms with Crippen LogP contribution < -0.4 is 11.1 Å². The number of nitrogens with one attached hydrogen (secondary N) is 1. The van der Waals surface area contributed by atoms with E-state index in [1.54, 1.807) is 11.4 Å². The normalized spacial score (nSPS) is 10.1. The topological polar surface area (TPSA) is 55.1 Å². The molecule has 0 aliphatic carbocycles. The molecule has 0 unspecified atom stereocenters. The van der Waals surface area contributed by atoms with Crippen molar-refractivity contribution in [3.05, 3.63) is 45.1 Å². The van der Waals surface area contributed by atoms with Gasteiger partial charge in [-0.1, -0.05) is 15.9 Å². The van der Waals surface area contributed by atoms with Crippen molar-refractivity contribution in [1.82, 2.24) is 0 Å². The maximum absolute atomic E-state index is 11.8. The minimum absolute atomic E-state index is 0.171. The van der Waals surface area contributed by atoms with Gasteiger partial charge in [0.25, 0.3) is 5.91 Å². The van der Waals surface area contributed by atoms with E-state index in [0.717, 1.165) is 10.2 Å². The van der Waals surface area contributed by atoms with Gasteiger partial charge in [-0.2, -0.15) is 0 Å². The van der Waals surface area contributed by atoms with Crippen molar-refractivity contribution in [2.24, 2.45) is 0 Å². The zero-order valence-corrected chi connectivity index (χ0v) is 10.6. The van der Waals surface area contributed by atoms with Gasteiger partial charge in [-0.15, -0.1) is 11.3 Å². The second kappa shape index (κ2) is 4.67. The number of hydrogen-bond acceptors (Lipinski definition) is 3. The molecular weight excluding hydrogens is 288 g/mol. The molecule has 0 aliphatic rings. The van der Waals surface area contributed by atoms with Crippen LogP contribution in [0.5, 0.6) is 0 Å². The minimum atomic E-state index is -0.171. The van der Waals surface area contributed by atoms with Crippen LogP contribution in [0.1, 0.15) is 9.67 Å². The highest BCUT2D eigenvalue weighted by Crippen LogP contribution is 2.21. The first-order valence-corrected chi connectivity index (χ1v) is 6.24. The summed E-state index contributed by atoms with van der Waals surface area (Å²) in [6.45, 7) is 0. The molecule has 5 heteroatoms. The lowest BCUT2D eigenvalue weighted by Crippen LogP contribution is -2.11. The molecule has 1 aromatic heterocycles. The quantitative estimate of drug-likeness (QED) is 0.893. The van der Waals surface area contributed by atoms with Crippen molar-refractivity contribution in [1.29, 1.82) is 0 Å². The SMILES string of the molecule is Nc1ccsc1C(=O)Nc1ccc(Br)cc1. The number of hydrogen-bond donors (Lipinski definition) is 2. The highest BCUT2D eigenvalue weighted by atomic mass is 79.9. The molecule has 1 heterocycles. The first kappa shape index (κ1) is 11.2. The summed E-state index contributed by atoms with van der Waals surface area (Å²) in [6, 6.07) is 9.11. The molecule has 0 atom stereocenters. The van der Waals surface area contributed by atoms with E-state index >= 15 is 0 Å². The van der Waals surface area contributed by atoms with E-state index in [0.29, 0.717) is 10.6 Å². The van der Waals surface area contributed by atoms with Gasteiger partial charge in [-0.3, -0.25) is 4.79 Å². The largest absolute Gasteiger partial charge is 0.397 e. The molecule has 16 heavy (non-hydrogen) atoms. The maximum atomic E-state index is 11.8. The Labute approximate surface area is 105 Å². The van der Waals surface area contributed by atoms with Crippen LogP contribution in [0.25, 0.3) is 0 Å². The molecule has 0 bridgehead atoms. The molecule has 0 spiro atoms. The number of nitrogens with two attached hydrogens (primary N) is 1. The monoisotopic (exact) mass is 296 g/mol. The van der Waals surface area contributed by atoms with Crippen molar-refractivity contribution < 1.29 is 4.79 Å². The van der Waals surface area contributed by atoms with Crippen LogP contribution in [0.15, 0.2) is 40.2 Å². The fourth-order valence-corrected chi connectivity index (χ4v) is 2.20. The number of nitrogen functional groups attached to an aromatic ring is 1. The Morgan fingerprint density at radius 2 is 1.94 bits per heavy atom. The lowest BCUT2D eigenvalue weighted by Gasteiger charge is -2.04. The molecule has 0 fully saturated rings. The first-order chi connectivity index (χ1) is 7.66. The molecule has 3 nitrogen and oxygen atoms in total. The van der Waals surface area contributed by atoms with E-state index in [4.69, 9.17) is 5.73 Å². The molecule has 0 radical (unpaired) electrons. The summed E-state index contributed by atoms with van der Waals surface area (Å²) in [5, 5.41) is 4.58. The average molecular weight is 297 g/mol. The molecule has 0 saturated carbocycles. The van der Waals surface area contributed by atoms with E-state index in [1.807, 2.05) is 24.3 Å². The van der Waals surface area contributed by atoms with E-state index in [9.17, 15) is 4.79 Å². The number of amides is 1. The smallest absolute Gasteiger partial charge is 0.267 e. The van der Waals surface area contributed by atoms with Gasteiger partial charge < -0.3 is 11.1 Å². The van der Waals surface area contributed by atoms with Gasteiger partial charge in [0, 0.05) is 10.2 Å². The van der Waals surface area contributed by atoms with Crippen LogP contribution in [0.3, 0.4) is 0 Å². The van der Waals surface area contributed by atoms with Gasteiger partial charge in [0.1, 0.15) is 4.88 Å². The number of thiophene rings is 1. The van der Waals surface area contributed by atoms with E-state index in [-0.39, 0.29) is 5.91 Å². The molecule has 82 valence electrons. The number of benzene rings is 1. The highest BCUT2D eigenvalue weighted by molar-refractivity contribution is 9.10. The Balaban J connectivity index is 2.14. The van der Waals surface area contributed by atoms with Gasteiger partial charge in [0.15, 0.2) is 0 Å². The third-order valence-corrected chi connectivity index (χ3v) is 3.46. The van der Waals surface area contributed by atoms with Crippen LogP contribution in [0.2, 0.25) is 0 Å². The number of carbonyl (C=O) groups excluding carboxylic acids is 1. The van der Waals surface area contributed by atoms with Gasteiger partial charge in [-0.25, -0.2) is 0 Å². The van der Waals surface area contributed by atoms with E-state index < -0.39 is 0 Å². The van der Waals surface area contributed by atoms with E-state index in [1.165, 1.54) is 11.3 Å². The van der Waals surface area contributed by atoms with Crippen LogP contribution in [-0.2, 0) is 0 Å². The first-order valence-electron chi connectivity index (χ1n) is 4.56. The summed E-state index contributed by atoms with van der Waals surface area (Å²) in [5.41, 5.74) is 6.93. The van der Waals surface area contributed by atoms with Crippen molar-refractivity contribution in [2.45, 2.75) is 0 Å². The molecule has 0 aliphatic heterocycles. The number of carbonyl (C=O) groups is 1. The standard InChI is InChI=1S/C11H9BrN2OS/c12-7-1-3-8(4-2-7)14-11(15)10-9(13)5-6-16-10/h1-6H,13H2,(H,14,15). The van der Waals surface area contributed by atoms with Crippen molar-refractivity contribution in [3.63, 3.8) is 0 Å². The van der Waals surface area contributed by atoms with Crippen LogP contribution in [0.4, 0.5) is 11.4 Å². The molecular formula is C11H9BrN2OS. The third-order valence-electron chi connectivity index (χ3n) is 2.00. The van der Waals surface area contributed by atoms with Crippen molar-refractivity contribution >= 4 is 44.5 Å². The summed E-state index contributed by atoms with van der Waals surface area (Å²) in [4.78, 5) is 12.3. The Bertz CT molecular complexity index is 507. The Kier molecular flexibility index (Phi) is 3.26. The zero-order valence-electron chi connectivity index (χ0n) is 8.24. The van der Waals surface area contributed by atoms with Gasteiger partial charge in [0.2, 0.25) is 0 Å². The third kappa shape index (κ3) is 2.43. The second-order valence-electron chi connectivity index (χ2n) is 3.17. The average Bonchev–Trinajstić information content (AvgIpc) is 2.68. The van der Waals surface area contributed by atoms with E-state index in [2.05, 4.69) is 21.2 Å². The fraction of sp³-hybridized carbons (Fsp3) is 0. The molecule has 2 rings (SSSR count). The lowest BCUT2D eigenvalue weighted by molar-refractivity contribution is 0.103. The van der Waals surface area contributed by atoms with Gasteiger partial charge in [0.05, 0.1) is 5.69 Å². The van der Waals surface area contributed by atoms with Crippen LogP contribution in [0, 0.1) is 0 Å². The Hall–Kier alpha value is -1.33. The minimum Gasteiger partial charge on any atom is -0.397 e. The predicted octanol–water partition coefficient (Wildman–Crippen LogP) is 3.35. The summed E-state index contributed by atoms with van der Waals surface area (Å²) in [6.07, 6.45) is 0. The number of halogens is 1. The summed E-state index contributed by atoms with van der Waals surface area (Å²) < 4.78 is 0.973. The van der Waals surface area contributed by atoms with Crippen molar-refractivity contribution in [3.8, 4) is 0 Å². The molecule has 3 N–H and O–H groups in total. The molecule has 1 aromatic carbocycles. The highest BCUT2D eigenvalue weighted by Gasteiger charge is 2.10. The number of rotatable bonds is 2.